The summed E-state index contributed by atoms with van der Waals surface area (Å²) in [5.74, 6) is -0.367. The molecule has 33 heavy (non-hydrogen) atoms. The summed E-state index contributed by atoms with van der Waals surface area (Å²) in [5, 5.41) is 7.06. The number of anilines is 1. The summed E-state index contributed by atoms with van der Waals surface area (Å²) >= 11 is 2.90. The van der Waals surface area contributed by atoms with E-state index >= 15 is 0 Å². The third-order valence-corrected chi connectivity index (χ3v) is 8.58. The van der Waals surface area contributed by atoms with Crippen molar-refractivity contribution in [1.82, 2.24) is 14.2 Å². The van der Waals surface area contributed by atoms with E-state index < -0.39 is 16.1 Å². The van der Waals surface area contributed by atoms with Gasteiger partial charge in [0.15, 0.2) is 5.13 Å². The zero-order chi connectivity index (χ0) is 23.4. The molecule has 1 saturated heterocycles. The lowest BCUT2D eigenvalue weighted by Crippen LogP contribution is -2.50. The molecule has 0 bridgehead atoms. The molecule has 1 aromatic carbocycles. The number of nitrogens with one attached hydrogen (secondary N) is 1. The number of hydrogen-bond acceptors (Lipinski definition) is 8. The van der Waals surface area contributed by atoms with Crippen molar-refractivity contribution in [3.63, 3.8) is 0 Å². The minimum Gasteiger partial charge on any atom is -0.450 e. The lowest BCUT2D eigenvalue weighted by molar-refractivity contribution is 0.0933. The summed E-state index contributed by atoms with van der Waals surface area (Å²) in [4.78, 5) is 31.4. The number of rotatable bonds is 6. The molecule has 0 unspecified atom stereocenters. The Morgan fingerprint density at radius 1 is 1.09 bits per heavy atom. The molecule has 0 spiro atoms. The van der Waals surface area contributed by atoms with Gasteiger partial charge in [-0.1, -0.05) is 6.07 Å². The van der Waals surface area contributed by atoms with Crippen LogP contribution >= 0.6 is 22.7 Å². The van der Waals surface area contributed by atoms with Gasteiger partial charge in [-0.2, -0.15) is 4.31 Å². The van der Waals surface area contributed by atoms with Crippen LogP contribution in [0.3, 0.4) is 0 Å². The summed E-state index contributed by atoms with van der Waals surface area (Å²) < 4.78 is 32.2. The van der Waals surface area contributed by atoms with E-state index in [-0.39, 0.29) is 43.6 Å². The molecule has 12 heteroatoms. The van der Waals surface area contributed by atoms with E-state index in [4.69, 9.17) is 4.74 Å². The Morgan fingerprint density at radius 3 is 2.45 bits per heavy atom. The molecule has 174 valence electrons. The van der Waals surface area contributed by atoms with Crippen molar-refractivity contribution in [3.05, 3.63) is 52.7 Å². The van der Waals surface area contributed by atoms with E-state index in [1.54, 1.807) is 18.3 Å². The Bertz CT molecular complexity index is 1220. The maximum absolute atomic E-state index is 13.0. The molecule has 3 aromatic rings. The first-order chi connectivity index (χ1) is 15.9. The number of carbonyl (C=O) groups excluding carboxylic acids is 2. The molecule has 3 heterocycles. The number of sulfonamides is 1. The normalized spacial score (nSPS) is 14.8. The van der Waals surface area contributed by atoms with Gasteiger partial charge >= 0.3 is 6.09 Å². The Balaban J connectivity index is 1.38. The van der Waals surface area contributed by atoms with Crippen LogP contribution in [0.2, 0.25) is 0 Å². The minimum absolute atomic E-state index is 0.0952. The fourth-order valence-corrected chi connectivity index (χ4v) is 6.18. The maximum Gasteiger partial charge on any atom is 0.409 e. The molecule has 0 atom stereocenters. The second-order valence-electron chi connectivity index (χ2n) is 7.08. The fraction of sp³-hybridized carbons (Fsp3) is 0.286. The van der Waals surface area contributed by atoms with Gasteiger partial charge in [0, 0.05) is 37.1 Å². The van der Waals surface area contributed by atoms with Crippen LogP contribution in [0, 0.1) is 0 Å². The van der Waals surface area contributed by atoms with E-state index in [9.17, 15) is 18.0 Å². The van der Waals surface area contributed by atoms with Crippen molar-refractivity contribution in [3.8, 4) is 10.6 Å². The summed E-state index contributed by atoms with van der Waals surface area (Å²) in [5.41, 5.74) is 1.13. The number of aromatic nitrogens is 1. The van der Waals surface area contributed by atoms with E-state index in [0.717, 1.165) is 10.6 Å². The van der Waals surface area contributed by atoms with Crippen molar-refractivity contribution >= 4 is 49.8 Å². The monoisotopic (exact) mass is 506 g/mol. The quantitative estimate of drug-likeness (QED) is 0.547. The standard InChI is InChI=1S/C21H22N4O5S3/c1-2-30-21(27)24-9-11-25(12-10-24)33(28,29)16-7-5-15(6-8-16)19(26)23-20-22-17(14-32-20)18-4-3-13-31-18/h3-8,13-14H,2,9-12H2,1H3,(H,22,23,26). The highest BCUT2D eigenvalue weighted by Crippen LogP contribution is 2.28. The molecule has 1 aliphatic heterocycles. The van der Waals surface area contributed by atoms with Gasteiger partial charge in [-0.3, -0.25) is 10.1 Å². The smallest absolute Gasteiger partial charge is 0.409 e. The van der Waals surface area contributed by atoms with E-state index in [2.05, 4.69) is 10.3 Å². The number of carbonyl (C=O) groups is 2. The highest BCUT2D eigenvalue weighted by atomic mass is 32.2. The maximum atomic E-state index is 13.0. The van der Waals surface area contributed by atoms with Crippen molar-refractivity contribution in [2.45, 2.75) is 11.8 Å². The van der Waals surface area contributed by atoms with Gasteiger partial charge in [0.1, 0.15) is 0 Å². The third kappa shape index (κ3) is 5.24. The van der Waals surface area contributed by atoms with Crippen LogP contribution < -0.4 is 5.32 Å². The van der Waals surface area contributed by atoms with Gasteiger partial charge in [0.2, 0.25) is 10.0 Å². The van der Waals surface area contributed by atoms with Gasteiger partial charge in [-0.25, -0.2) is 18.2 Å². The lowest BCUT2D eigenvalue weighted by Gasteiger charge is -2.33. The van der Waals surface area contributed by atoms with Gasteiger partial charge in [-0.15, -0.1) is 22.7 Å². The average Bonchev–Trinajstić information content (AvgIpc) is 3.51. The molecule has 1 N–H and O–H groups in total. The zero-order valence-electron chi connectivity index (χ0n) is 17.8. The predicted molar refractivity (Wildman–Crippen MR) is 127 cm³/mol. The Morgan fingerprint density at radius 2 is 1.82 bits per heavy atom. The van der Waals surface area contributed by atoms with E-state index in [1.165, 1.54) is 44.8 Å². The Labute approximate surface area is 199 Å². The Hall–Kier alpha value is -2.80. The van der Waals surface area contributed by atoms with Gasteiger partial charge in [0.05, 0.1) is 22.1 Å². The zero-order valence-corrected chi connectivity index (χ0v) is 20.2. The third-order valence-electron chi connectivity index (χ3n) is 5.02. The molecule has 2 amide bonds. The number of thiazole rings is 1. The molecule has 1 fully saturated rings. The largest absolute Gasteiger partial charge is 0.450 e. The van der Waals surface area contributed by atoms with Crippen LogP contribution in [0.5, 0.6) is 0 Å². The second-order valence-corrected chi connectivity index (χ2v) is 10.8. The lowest BCUT2D eigenvalue weighted by atomic mass is 10.2. The van der Waals surface area contributed by atoms with Gasteiger partial charge in [0.25, 0.3) is 5.91 Å². The summed E-state index contributed by atoms with van der Waals surface area (Å²) in [6, 6.07) is 9.69. The van der Waals surface area contributed by atoms with Gasteiger partial charge in [-0.05, 0) is 42.6 Å². The van der Waals surface area contributed by atoms with Crippen LogP contribution in [0.1, 0.15) is 17.3 Å². The van der Waals surface area contributed by atoms with Crippen molar-refractivity contribution in [1.29, 1.82) is 0 Å². The first kappa shape index (κ1) is 23.4. The van der Waals surface area contributed by atoms with Crippen LogP contribution in [-0.2, 0) is 14.8 Å². The second kappa shape index (κ2) is 10.00. The molecule has 0 radical (unpaired) electrons. The molecule has 0 aliphatic carbocycles. The van der Waals surface area contributed by atoms with Crippen molar-refractivity contribution in [2.75, 3.05) is 38.1 Å². The first-order valence-corrected chi connectivity index (χ1v) is 13.4. The molecule has 0 saturated carbocycles. The van der Waals surface area contributed by atoms with E-state index in [0.29, 0.717) is 10.7 Å². The molecular formula is C21H22N4O5S3. The summed E-state index contributed by atoms with van der Waals surface area (Å²) in [6.45, 7) is 2.89. The number of benzene rings is 1. The summed E-state index contributed by atoms with van der Waals surface area (Å²) in [6.07, 6.45) is -0.437. The number of thiophene rings is 1. The Kier molecular flexibility index (Phi) is 7.08. The summed E-state index contributed by atoms with van der Waals surface area (Å²) in [7, 11) is -3.73. The van der Waals surface area contributed by atoms with Crippen LogP contribution in [-0.4, -0.2) is 67.4 Å². The minimum atomic E-state index is -3.73. The first-order valence-electron chi connectivity index (χ1n) is 10.2. The highest BCUT2D eigenvalue weighted by molar-refractivity contribution is 7.89. The fourth-order valence-electron chi connectivity index (χ4n) is 3.29. The highest BCUT2D eigenvalue weighted by Gasteiger charge is 2.30. The molecule has 9 nitrogen and oxygen atoms in total. The van der Waals surface area contributed by atoms with Gasteiger partial charge < -0.3 is 9.64 Å². The number of ether oxygens (including phenoxy) is 1. The van der Waals surface area contributed by atoms with Crippen LogP contribution in [0.15, 0.2) is 52.1 Å². The molecule has 2 aromatic heterocycles. The number of nitrogens with zero attached hydrogens (tertiary/aromatic N) is 3. The van der Waals surface area contributed by atoms with E-state index in [1.807, 2.05) is 22.9 Å². The topological polar surface area (TPSA) is 109 Å². The predicted octanol–water partition coefficient (Wildman–Crippen LogP) is 3.59. The molecule has 4 rings (SSSR count). The van der Waals surface area contributed by atoms with Crippen LogP contribution in [0.25, 0.3) is 10.6 Å². The number of hydrogen-bond donors (Lipinski definition) is 1. The number of piperazine rings is 1. The van der Waals surface area contributed by atoms with Crippen molar-refractivity contribution in [2.24, 2.45) is 0 Å². The number of amides is 2. The molecular weight excluding hydrogens is 484 g/mol. The van der Waals surface area contributed by atoms with Crippen LogP contribution in [0.4, 0.5) is 9.93 Å². The average molecular weight is 507 g/mol. The molecule has 1 aliphatic rings. The van der Waals surface area contributed by atoms with Crippen molar-refractivity contribution < 1.29 is 22.7 Å². The SMILES string of the molecule is CCOC(=O)N1CCN(S(=O)(=O)c2ccc(C(=O)Nc3nc(-c4cccs4)cs3)cc2)CC1.